The van der Waals surface area contributed by atoms with Crippen LogP contribution in [0.5, 0.6) is 0 Å². The largest absolute Gasteiger partial charge is 0.356 e. The summed E-state index contributed by atoms with van der Waals surface area (Å²) in [5.41, 5.74) is 0.830. The number of amides is 1. The van der Waals surface area contributed by atoms with E-state index in [9.17, 15) is 9.59 Å². The molecule has 1 amide bonds. The van der Waals surface area contributed by atoms with Crippen molar-refractivity contribution < 1.29 is 4.79 Å². The van der Waals surface area contributed by atoms with Crippen molar-refractivity contribution in [3.63, 3.8) is 0 Å². The van der Waals surface area contributed by atoms with Crippen molar-refractivity contribution in [2.45, 2.75) is 39.5 Å². The van der Waals surface area contributed by atoms with Crippen LogP contribution in [0.25, 0.3) is 10.9 Å². The van der Waals surface area contributed by atoms with Gasteiger partial charge in [0, 0.05) is 19.4 Å². The lowest BCUT2D eigenvalue weighted by Gasteiger charge is -2.19. The first-order valence-corrected chi connectivity index (χ1v) is 8.25. The summed E-state index contributed by atoms with van der Waals surface area (Å²) >= 11 is 0. The molecule has 23 heavy (non-hydrogen) atoms. The summed E-state index contributed by atoms with van der Waals surface area (Å²) in [7, 11) is 0. The zero-order chi connectivity index (χ0) is 16.4. The number of para-hydroxylation sites is 1. The summed E-state index contributed by atoms with van der Waals surface area (Å²) < 4.78 is 0. The number of nitrogens with zero attached hydrogens (tertiary/aromatic N) is 1. The Labute approximate surface area is 135 Å². The molecule has 1 aromatic carbocycles. The number of aromatic nitrogens is 2. The van der Waals surface area contributed by atoms with Gasteiger partial charge in [-0.3, -0.25) is 9.59 Å². The van der Waals surface area contributed by atoms with Crippen molar-refractivity contribution in [1.82, 2.24) is 15.3 Å². The molecule has 5 heteroatoms. The summed E-state index contributed by atoms with van der Waals surface area (Å²) in [5, 5.41) is 3.61. The average Bonchev–Trinajstić information content (AvgIpc) is 3.32. The zero-order valence-corrected chi connectivity index (χ0v) is 13.7. The summed E-state index contributed by atoms with van der Waals surface area (Å²) in [6.07, 6.45) is 3.19. The molecule has 0 spiro atoms. The van der Waals surface area contributed by atoms with Gasteiger partial charge in [0.2, 0.25) is 5.91 Å². The fourth-order valence-electron chi connectivity index (χ4n) is 2.97. The van der Waals surface area contributed by atoms with E-state index in [4.69, 9.17) is 0 Å². The minimum atomic E-state index is -0.150. The number of carbonyl (C=O) groups excluding carboxylic acids is 1. The first-order valence-electron chi connectivity index (χ1n) is 8.25. The van der Waals surface area contributed by atoms with E-state index in [2.05, 4.69) is 29.1 Å². The minimum absolute atomic E-state index is 0.0210. The molecule has 0 aliphatic heterocycles. The van der Waals surface area contributed by atoms with Crippen molar-refractivity contribution in [2.75, 3.05) is 6.54 Å². The highest BCUT2D eigenvalue weighted by molar-refractivity contribution is 5.78. The molecule has 1 aromatic heterocycles. The molecule has 0 bridgehead atoms. The van der Waals surface area contributed by atoms with Crippen LogP contribution in [0.1, 0.15) is 38.9 Å². The fourth-order valence-corrected chi connectivity index (χ4v) is 2.97. The van der Waals surface area contributed by atoms with E-state index in [1.165, 1.54) is 12.8 Å². The Hall–Kier alpha value is -2.17. The maximum Gasteiger partial charge on any atom is 0.258 e. The topological polar surface area (TPSA) is 74.8 Å². The van der Waals surface area contributed by atoms with Gasteiger partial charge < -0.3 is 10.3 Å². The van der Waals surface area contributed by atoms with E-state index in [1.54, 1.807) is 6.07 Å². The molecule has 3 rings (SSSR count). The Kier molecular flexibility index (Phi) is 4.20. The molecule has 1 aliphatic carbocycles. The lowest BCUT2D eigenvalue weighted by atomic mass is 9.92. The lowest BCUT2D eigenvalue weighted by molar-refractivity contribution is -0.121. The van der Waals surface area contributed by atoms with Crippen molar-refractivity contribution in [2.24, 2.45) is 11.3 Å². The van der Waals surface area contributed by atoms with Crippen LogP contribution in [0.3, 0.4) is 0 Å². The quantitative estimate of drug-likeness (QED) is 0.860. The predicted molar refractivity (Wildman–Crippen MR) is 90.2 cm³/mol. The van der Waals surface area contributed by atoms with Gasteiger partial charge in [0.25, 0.3) is 5.56 Å². The Balaban J connectivity index is 1.58. The summed E-state index contributed by atoms with van der Waals surface area (Å²) in [6.45, 7) is 5.18. The van der Waals surface area contributed by atoms with Gasteiger partial charge in [0.05, 0.1) is 10.9 Å². The summed E-state index contributed by atoms with van der Waals surface area (Å²) in [5.74, 6) is 1.18. The number of aromatic amines is 1. The predicted octanol–water partition coefficient (Wildman–Crippen LogP) is 2.41. The smallest absolute Gasteiger partial charge is 0.258 e. The van der Waals surface area contributed by atoms with Crippen molar-refractivity contribution in [3.8, 4) is 0 Å². The first kappa shape index (κ1) is 15.7. The highest BCUT2D eigenvalue weighted by atomic mass is 16.1. The van der Waals surface area contributed by atoms with Gasteiger partial charge >= 0.3 is 0 Å². The lowest BCUT2D eigenvalue weighted by Crippen LogP contribution is -2.32. The number of nitrogens with one attached hydrogen (secondary N) is 2. The molecule has 2 N–H and O–H groups in total. The van der Waals surface area contributed by atoms with Crippen LogP contribution in [-0.4, -0.2) is 22.4 Å². The molecule has 1 aliphatic rings. The molecule has 1 saturated carbocycles. The third-order valence-electron chi connectivity index (χ3n) is 5.01. The van der Waals surface area contributed by atoms with Crippen LogP contribution < -0.4 is 10.9 Å². The number of fused-ring (bicyclic) bond motifs is 1. The Morgan fingerprint density at radius 1 is 1.35 bits per heavy atom. The number of hydrogen-bond donors (Lipinski definition) is 2. The van der Waals surface area contributed by atoms with Gasteiger partial charge in [0.15, 0.2) is 0 Å². The van der Waals surface area contributed by atoms with E-state index in [1.807, 2.05) is 18.2 Å². The number of rotatable bonds is 6. The first-order chi connectivity index (χ1) is 11.0. The second-order valence-electron chi connectivity index (χ2n) is 6.82. The molecule has 2 aromatic rings. The molecule has 0 saturated heterocycles. The van der Waals surface area contributed by atoms with Crippen molar-refractivity contribution in [3.05, 3.63) is 40.4 Å². The molecule has 0 atom stereocenters. The van der Waals surface area contributed by atoms with Crippen LogP contribution in [0.4, 0.5) is 0 Å². The normalized spacial score (nSPS) is 15.8. The number of hydrogen-bond acceptors (Lipinski definition) is 3. The summed E-state index contributed by atoms with van der Waals surface area (Å²) in [4.78, 5) is 31.2. The third-order valence-corrected chi connectivity index (χ3v) is 5.01. The van der Waals surface area contributed by atoms with Gasteiger partial charge in [-0.2, -0.15) is 0 Å². The van der Waals surface area contributed by atoms with E-state index in [0.29, 0.717) is 40.9 Å². The molecule has 122 valence electrons. The maximum atomic E-state index is 12.0. The number of benzene rings is 1. The second kappa shape index (κ2) is 6.14. The van der Waals surface area contributed by atoms with Gasteiger partial charge in [-0.1, -0.05) is 26.0 Å². The van der Waals surface area contributed by atoms with Crippen LogP contribution in [0.15, 0.2) is 29.1 Å². The molecule has 1 fully saturated rings. The SMILES string of the molecule is CC(C)C1(CNC(=O)CCc2nc3ccccc3c(=O)[nH]2)CC1. The Morgan fingerprint density at radius 3 is 2.78 bits per heavy atom. The van der Waals surface area contributed by atoms with Crippen LogP contribution in [0.2, 0.25) is 0 Å². The van der Waals surface area contributed by atoms with E-state index >= 15 is 0 Å². The van der Waals surface area contributed by atoms with Gasteiger partial charge in [-0.05, 0) is 36.3 Å². The summed E-state index contributed by atoms with van der Waals surface area (Å²) in [6, 6.07) is 7.23. The van der Waals surface area contributed by atoms with Gasteiger partial charge in [0.1, 0.15) is 5.82 Å². The molecule has 0 radical (unpaired) electrons. The molecular formula is C18H23N3O2. The Morgan fingerprint density at radius 2 is 2.09 bits per heavy atom. The fraction of sp³-hybridized carbons (Fsp3) is 0.500. The zero-order valence-electron chi connectivity index (χ0n) is 13.7. The third kappa shape index (κ3) is 3.44. The number of H-pyrrole nitrogens is 1. The van der Waals surface area contributed by atoms with E-state index in [0.717, 1.165) is 6.54 Å². The second-order valence-corrected chi connectivity index (χ2v) is 6.82. The standard InChI is InChI=1S/C18H23N3O2/c1-12(2)18(9-10-18)11-19-16(22)8-7-15-20-14-6-4-3-5-13(14)17(23)21-15/h3-6,12H,7-11H2,1-2H3,(H,19,22)(H,20,21,23). The van der Waals surface area contributed by atoms with Crippen molar-refractivity contribution >= 4 is 16.8 Å². The average molecular weight is 313 g/mol. The molecule has 5 nitrogen and oxygen atoms in total. The monoisotopic (exact) mass is 313 g/mol. The Bertz CT molecular complexity index is 775. The van der Waals surface area contributed by atoms with E-state index < -0.39 is 0 Å². The van der Waals surface area contributed by atoms with E-state index in [-0.39, 0.29) is 11.5 Å². The maximum absolute atomic E-state index is 12.0. The molecule has 0 unspecified atom stereocenters. The molecular weight excluding hydrogens is 290 g/mol. The highest BCUT2D eigenvalue weighted by Gasteiger charge is 2.45. The van der Waals surface area contributed by atoms with Crippen LogP contribution in [-0.2, 0) is 11.2 Å². The van der Waals surface area contributed by atoms with Crippen LogP contribution >= 0.6 is 0 Å². The van der Waals surface area contributed by atoms with Crippen molar-refractivity contribution in [1.29, 1.82) is 0 Å². The number of carbonyl (C=O) groups is 1. The van der Waals surface area contributed by atoms with Gasteiger partial charge in [-0.15, -0.1) is 0 Å². The number of aryl methyl sites for hydroxylation is 1. The minimum Gasteiger partial charge on any atom is -0.356 e. The van der Waals surface area contributed by atoms with Crippen LogP contribution in [0, 0.1) is 11.3 Å². The molecule has 1 heterocycles. The van der Waals surface area contributed by atoms with Gasteiger partial charge in [-0.25, -0.2) is 4.98 Å². The highest BCUT2D eigenvalue weighted by Crippen LogP contribution is 2.51.